The predicted octanol–water partition coefficient (Wildman–Crippen LogP) is 1.47. The minimum Gasteiger partial charge on any atom is -0.465 e. The number of methoxy groups -OCH3 is 1. The minimum absolute atomic E-state index is 0.0960. The Morgan fingerprint density at radius 2 is 2.06 bits per heavy atom. The highest BCUT2D eigenvalue weighted by Gasteiger charge is 2.33. The van der Waals surface area contributed by atoms with Gasteiger partial charge in [0.1, 0.15) is 5.69 Å². The third-order valence-corrected chi connectivity index (χ3v) is 3.11. The second-order valence-electron chi connectivity index (χ2n) is 3.55. The number of ether oxygens (including phenoxy) is 1. The number of hydrogen-bond acceptors (Lipinski definition) is 4. The van der Waals surface area contributed by atoms with Crippen LogP contribution in [0.4, 0.5) is 0 Å². The number of fused-ring (bicyclic) bond motifs is 1. The van der Waals surface area contributed by atoms with Crippen LogP contribution in [0.3, 0.4) is 0 Å². The average Bonchev–Trinajstić information content (AvgIpc) is 2.63. The standard InChI is InChI=1S/C11H8BrNO4/c1-13-4-5(11(16)17-2)8-9(13)7(14)3-6(12)10(8)15/h3-4H,1-2H3. The monoisotopic (exact) mass is 297 g/mol. The lowest BCUT2D eigenvalue weighted by Gasteiger charge is -2.09. The lowest BCUT2D eigenvalue weighted by molar-refractivity contribution is 0.0597. The van der Waals surface area contributed by atoms with Crippen molar-refractivity contribution in [3.05, 3.63) is 33.6 Å². The zero-order valence-corrected chi connectivity index (χ0v) is 10.7. The number of aryl methyl sites for hydroxylation is 1. The van der Waals surface area contributed by atoms with Gasteiger partial charge in [0, 0.05) is 19.3 Å². The number of Topliss-reactive ketones (excluding diaryl/α,β-unsaturated/α-hetero) is 1. The number of carbonyl (C=O) groups excluding carboxylic acids is 3. The first-order valence-corrected chi connectivity index (χ1v) is 5.50. The van der Waals surface area contributed by atoms with Crippen LogP contribution in [0.1, 0.15) is 31.2 Å². The molecule has 0 spiro atoms. The summed E-state index contributed by atoms with van der Waals surface area (Å²) in [7, 11) is 2.82. The maximum Gasteiger partial charge on any atom is 0.340 e. The van der Waals surface area contributed by atoms with Crippen LogP contribution in [0.15, 0.2) is 16.8 Å². The highest BCUT2D eigenvalue weighted by atomic mass is 79.9. The number of carbonyl (C=O) groups is 3. The van der Waals surface area contributed by atoms with Crippen molar-refractivity contribution >= 4 is 33.5 Å². The van der Waals surface area contributed by atoms with Gasteiger partial charge in [0.25, 0.3) is 0 Å². The maximum absolute atomic E-state index is 11.9. The van der Waals surface area contributed by atoms with Crippen LogP contribution in [0.2, 0.25) is 0 Å². The van der Waals surface area contributed by atoms with E-state index in [9.17, 15) is 14.4 Å². The molecule has 1 aromatic rings. The number of nitrogens with zero attached hydrogens (tertiary/aromatic N) is 1. The van der Waals surface area contributed by atoms with Crippen molar-refractivity contribution in [3.63, 3.8) is 0 Å². The third kappa shape index (κ3) is 1.64. The summed E-state index contributed by atoms with van der Waals surface area (Å²) < 4.78 is 6.18. The van der Waals surface area contributed by atoms with Gasteiger partial charge in [-0.3, -0.25) is 9.59 Å². The van der Waals surface area contributed by atoms with Crippen LogP contribution in [0.5, 0.6) is 0 Å². The van der Waals surface area contributed by atoms with Gasteiger partial charge in [-0.1, -0.05) is 0 Å². The lowest BCUT2D eigenvalue weighted by atomic mass is 9.98. The fraction of sp³-hybridized carbons (Fsp3) is 0.182. The molecule has 0 saturated heterocycles. The molecule has 0 bridgehead atoms. The number of aromatic nitrogens is 1. The van der Waals surface area contributed by atoms with Gasteiger partial charge in [0.05, 0.1) is 22.7 Å². The molecule has 0 radical (unpaired) electrons. The smallest absolute Gasteiger partial charge is 0.340 e. The number of hydrogen-bond donors (Lipinski definition) is 0. The van der Waals surface area contributed by atoms with Gasteiger partial charge in [-0.05, 0) is 15.9 Å². The van der Waals surface area contributed by atoms with E-state index in [0.29, 0.717) is 0 Å². The Balaban J connectivity index is 2.73. The Morgan fingerprint density at radius 3 is 2.65 bits per heavy atom. The Morgan fingerprint density at radius 1 is 1.41 bits per heavy atom. The molecule has 1 aliphatic carbocycles. The van der Waals surface area contributed by atoms with Gasteiger partial charge in [-0.15, -0.1) is 0 Å². The molecular formula is C11H8BrNO4. The number of halogens is 1. The van der Waals surface area contributed by atoms with Gasteiger partial charge < -0.3 is 9.30 Å². The van der Waals surface area contributed by atoms with Crippen LogP contribution < -0.4 is 0 Å². The molecule has 0 saturated carbocycles. The van der Waals surface area contributed by atoms with Crippen LogP contribution in [0.25, 0.3) is 0 Å². The van der Waals surface area contributed by atoms with Gasteiger partial charge in [-0.2, -0.15) is 0 Å². The molecule has 5 nitrogen and oxygen atoms in total. The Labute approximate surface area is 105 Å². The molecule has 1 aromatic heterocycles. The summed E-state index contributed by atoms with van der Waals surface area (Å²) in [5.41, 5.74) is 0.408. The normalized spacial score (nSPS) is 14.4. The number of ketones is 2. The summed E-state index contributed by atoms with van der Waals surface area (Å²) in [4.78, 5) is 35.2. The summed E-state index contributed by atoms with van der Waals surface area (Å²) in [5, 5.41) is 0. The highest BCUT2D eigenvalue weighted by molar-refractivity contribution is 9.12. The van der Waals surface area contributed by atoms with E-state index < -0.39 is 5.97 Å². The maximum atomic E-state index is 11.9. The van der Waals surface area contributed by atoms with E-state index in [2.05, 4.69) is 20.7 Å². The van der Waals surface area contributed by atoms with Gasteiger partial charge >= 0.3 is 5.97 Å². The zero-order valence-electron chi connectivity index (χ0n) is 9.11. The highest BCUT2D eigenvalue weighted by Crippen LogP contribution is 2.28. The summed E-state index contributed by atoms with van der Waals surface area (Å²) in [5.74, 6) is -1.34. The first kappa shape index (κ1) is 11.8. The molecule has 6 heteroatoms. The van der Waals surface area contributed by atoms with Crippen LogP contribution >= 0.6 is 15.9 Å². The lowest BCUT2D eigenvalue weighted by Crippen LogP contribution is -2.18. The fourth-order valence-corrected chi connectivity index (χ4v) is 2.19. The predicted molar refractivity (Wildman–Crippen MR) is 62.4 cm³/mol. The van der Waals surface area contributed by atoms with E-state index in [-0.39, 0.29) is 32.9 Å². The van der Waals surface area contributed by atoms with Gasteiger partial charge in [0.2, 0.25) is 11.6 Å². The van der Waals surface area contributed by atoms with E-state index in [4.69, 9.17) is 0 Å². The SMILES string of the molecule is COC(=O)c1cn(C)c2c1C(=O)C(Br)=CC2=O. The molecule has 0 N–H and O–H groups in total. The summed E-state index contributed by atoms with van der Waals surface area (Å²) >= 11 is 3.01. The minimum atomic E-state index is -0.634. The van der Waals surface area contributed by atoms with Crippen molar-refractivity contribution in [2.45, 2.75) is 0 Å². The molecule has 1 heterocycles. The molecule has 1 aliphatic rings. The van der Waals surface area contributed by atoms with Crippen LogP contribution in [0, 0.1) is 0 Å². The Kier molecular flexibility index (Phi) is 2.74. The summed E-state index contributed by atoms with van der Waals surface area (Å²) in [6, 6.07) is 0. The first-order chi connectivity index (χ1) is 7.97. The molecule has 17 heavy (non-hydrogen) atoms. The molecule has 0 amide bonds. The second kappa shape index (κ2) is 3.96. The van der Waals surface area contributed by atoms with E-state index in [1.165, 1.54) is 23.9 Å². The van der Waals surface area contributed by atoms with Crippen molar-refractivity contribution in [2.75, 3.05) is 7.11 Å². The van der Waals surface area contributed by atoms with Crippen molar-refractivity contribution in [3.8, 4) is 0 Å². The quantitative estimate of drug-likeness (QED) is 0.736. The molecule has 0 aromatic carbocycles. The van der Waals surface area contributed by atoms with E-state index in [1.54, 1.807) is 7.05 Å². The van der Waals surface area contributed by atoms with Crippen LogP contribution in [-0.2, 0) is 11.8 Å². The van der Waals surface area contributed by atoms with Crippen molar-refractivity contribution in [1.29, 1.82) is 0 Å². The number of rotatable bonds is 1. The Bertz CT molecular complexity index is 583. The summed E-state index contributed by atoms with van der Waals surface area (Å²) in [6.45, 7) is 0. The first-order valence-electron chi connectivity index (χ1n) is 4.71. The second-order valence-corrected chi connectivity index (χ2v) is 4.41. The largest absolute Gasteiger partial charge is 0.465 e. The molecule has 0 unspecified atom stereocenters. The molecule has 0 aliphatic heterocycles. The number of allylic oxidation sites excluding steroid dienone is 2. The molecule has 88 valence electrons. The molecule has 0 atom stereocenters. The van der Waals surface area contributed by atoms with E-state index >= 15 is 0 Å². The van der Waals surface area contributed by atoms with Crippen molar-refractivity contribution < 1.29 is 19.1 Å². The third-order valence-electron chi connectivity index (χ3n) is 2.52. The molecular weight excluding hydrogens is 290 g/mol. The van der Waals surface area contributed by atoms with E-state index in [1.807, 2.05) is 0 Å². The topological polar surface area (TPSA) is 65.4 Å². The van der Waals surface area contributed by atoms with Gasteiger partial charge in [0.15, 0.2) is 0 Å². The Hall–Kier alpha value is -1.69. The summed E-state index contributed by atoms with van der Waals surface area (Å²) in [6.07, 6.45) is 2.62. The fourth-order valence-electron chi connectivity index (χ4n) is 1.79. The number of esters is 1. The van der Waals surface area contributed by atoms with Gasteiger partial charge in [-0.25, -0.2) is 4.79 Å². The van der Waals surface area contributed by atoms with Crippen molar-refractivity contribution in [1.82, 2.24) is 4.57 Å². The zero-order chi connectivity index (χ0) is 12.7. The van der Waals surface area contributed by atoms with Crippen LogP contribution in [-0.4, -0.2) is 29.2 Å². The molecule has 0 fully saturated rings. The van der Waals surface area contributed by atoms with E-state index in [0.717, 1.165) is 0 Å². The molecule has 2 rings (SSSR count). The average molecular weight is 298 g/mol. The van der Waals surface area contributed by atoms with Crippen molar-refractivity contribution in [2.24, 2.45) is 7.05 Å².